The summed E-state index contributed by atoms with van der Waals surface area (Å²) >= 11 is 0. The van der Waals surface area contributed by atoms with Crippen molar-refractivity contribution < 1.29 is 0 Å². The van der Waals surface area contributed by atoms with E-state index < -0.39 is 0 Å². The molecule has 0 radical (unpaired) electrons. The fourth-order valence-electron chi connectivity index (χ4n) is 3.27. The van der Waals surface area contributed by atoms with Crippen LogP contribution in [0.3, 0.4) is 0 Å². The number of benzene rings is 2. The number of fused-ring (bicyclic) bond motifs is 2. The van der Waals surface area contributed by atoms with Crippen molar-refractivity contribution in [3.63, 3.8) is 0 Å². The van der Waals surface area contributed by atoms with Gasteiger partial charge in [0.25, 0.3) is 0 Å². The topological polar surface area (TPSA) is 105 Å². The predicted octanol–water partition coefficient (Wildman–Crippen LogP) is 3.89. The van der Waals surface area contributed by atoms with Gasteiger partial charge in [-0.1, -0.05) is 18.2 Å². The Balaban J connectivity index is 1.71. The standard InChI is InChI=1S/C20H15N7/c21-20-23-8-6-18(26-20)25-13-9-12-11-24-27-19(12)16(10-13)14-3-1-5-17-15(14)4-2-7-22-17/h1-11H,(H,24,27)(H3,21,23,25,26). The smallest absolute Gasteiger partial charge is 0.221 e. The molecule has 0 saturated heterocycles. The van der Waals surface area contributed by atoms with Crippen molar-refractivity contribution in [3.05, 3.63) is 67.1 Å². The van der Waals surface area contributed by atoms with Crippen LogP contribution in [0.1, 0.15) is 0 Å². The molecule has 27 heavy (non-hydrogen) atoms. The molecule has 0 aliphatic rings. The highest BCUT2D eigenvalue weighted by atomic mass is 15.1. The lowest BCUT2D eigenvalue weighted by atomic mass is 9.98. The van der Waals surface area contributed by atoms with Gasteiger partial charge in [-0.2, -0.15) is 10.1 Å². The summed E-state index contributed by atoms with van der Waals surface area (Å²) < 4.78 is 0. The number of pyridine rings is 1. The van der Waals surface area contributed by atoms with Gasteiger partial charge in [0.2, 0.25) is 5.95 Å². The van der Waals surface area contributed by atoms with Gasteiger partial charge in [-0.25, -0.2) is 4.98 Å². The maximum atomic E-state index is 5.69. The summed E-state index contributed by atoms with van der Waals surface area (Å²) in [6, 6.07) is 16.0. The average molecular weight is 353 g/mol. The molecule has 2 aromatic carbocycles. The molecule has 7 nitrogen and oxygen atoms in total. The Bertz CT molecular complexity index is 1270. The zero-order valence-electron chi connectivity index (χ0n) is 14.2. The molecule has 0 bridgehead atoms. The zero-order valence-corrected chi connectivity index (χ0v) is 14.2. The maximum Gasteiger partial charge on any atom is 0.221 e. The van der Waals surface area contributed by atoms with E-state index in [1.807, 2.05) is 30.5 Å². The molecule has 0 spiro atoms. The molecule has 5 aromatic rings. The van der Waals surface area contributed by atoms with E-state index in [2.05, 4.69) is 48.7 Å². The van der Waals surface area contributed by atoms with Crippen molar-refractivity contribution in [2.75, 3.05) is 11.1 Å². The van der Waals surface area contributed by atoms with Crippen LogP contribution in [0, 0.1) is 0 Å². The van der Waals surface area contributed by atoms with Crippen LogP contribution in [0.15, 0.2) is 67.1 Å². The molecule has 0 saturated carbocycles. The number of nitrogens with one attached hydrogen (secondary N) is 2. The van der Waals surface area contributed by atoms with E-state index in [1.165, 1.54) is 0 Å². The molecule has 0 fully saturated rings. The van der Waals surface area contributed by atoms with Crippen LogP contribution >= 0.6 is 0 Å². The third-order valence-corrected chi connectivity index (χ3v) is 4.43. The second-order valence-electron chi connectivity index (χ2n) is 6.16. The second kappa shape index (κ2) is 6.06. The summed E-state index contributed by atoms with van der Waals surface area (Å²) in [7, 11) is 0. The van der Waals surface area contributed by atoms with Crippen molar-refractivity contribution in [1.29, 1.82) is 0 Å². The molecule has 4 N–H and O–H groups in total. The minimum absolute atomic E-state index is 0.227. The van der Waals surface area contributed by atoms with Gasteiger partial charge < -0.3 is 11.1 Å². The molecule has 130 valence electrons. The summed E-state index contributed by atoms with van der Waals surface area (Å²) in [4.78, 5) is 12.6. The van der Waals surface area contributed by atoms with E-state index in [0.29, 0.717) is 5.82 Å². The third-order valence-electron chi connectivity index (χ3n) is 4.43. The summed E-state index contributed by atoms with van der Waals surface area (Å²) in [6.07, 6.45) is 5.23. The number of aromatic amines is 1. The number of nitrogens with zero attached hydrogens (tertiary/aromatic N) is 4. The van der Waals surface area contributed by atoms with E-state index in [0.717, 1.165) is 38.6 Å². The Kier molecular flexibility index (Phi) is 3.43. The lowest BCUT2D eigenvalue weighted by Gasteiger charge is -2.11. The van der Waals surface area contributed by atoms with Crippen molar-refractivity contribution in [3.8, 4) is 11.1 Å². The van der Waals surface area contributed by atoms with Gasteiger partial charge in [0, 0.05) is 34.4 Å². The van der Waals surface area contributed by atoms with Crippen molar-refractivity contribution in [2.45, 2.75) is 0 Å². The first-order valence-electron chi connectivity index (χ1n) is 8.45. The molecule has 3 aromatic heterocycles. The number of rotatable bonds is 3. The van der Waals surface area contributed by atoms with Crippen LogP contribution in [0.5, 0.6) is 0 Å². The highest BCUT2D eigenvalue weighted by molar-refractivity contribution is 6.04. The molecule has 7 heteroatoms. The number of anilines is 3. The van der Waals surface area contributed by atoms with Crippen LogP contribution in [0.2, 0.25) is 0 Å². The average Bonchev–Trinajstić information content (AvgIpc) is 3.16. The number of aromatic nitrogens is 5. The largest absolute Gasteiger partial charge is 0.368 e. The van der Waals surface area contributed by atoms with Gasteiger partial charge in [-0.05, 0) is 35.9 Å². The van der Waals surface area contributed by atoms with E-state index >= 15 is 0 Å². The lowest BCUT2D eigenvalue weighted by molar-refractivity contribution is 1.12. The van der Waals surface area contributed by atoms with Gasteiger partial charge in [0.05, 0.1) is 17.2 Å². The van der Waals surface area contributed by atoms with Crippen LogP contribution in [0.4, 0.5) is 17.5 Å². The van der Waals surface area contributed by atoms with Crippen molar-refractivity contribution in [1.82, 2.24) is 25.1 Å². The van der Waals surface area contributed by atoms with Crippen molar-refractivity contribution in [2.24, 2.45) is 0 Å². The summed E-state index contributed by atoms with van der Waals surface area (Å²) in [5.74, 6) is 0.862. The highest BCUT2D eigenvalue weighted by Gasteiger charge is 2.12. The Hall–Kier alpha value is -4.00. The Morgan fingerprint density at radius 3 is 2.81 bits per heavy atom. The monoisotopic (exact) mass is 353 g/mol. The molecule has 0 unspecified atom stereocenters. The number of hydrogen-bond acceptors (Lipinski definition) is 6. The number of H-pyrrole nitrogens is 1. The van der Waals surface area contributed by atoms with Crippen LogP contribution < -0.4 is 11.1 Å². The molecule has 0 atom stereocenters. The third kappa shape index (κ3) is 2.71. The van der Waals surface area contributed by atoms with Gasteiger partial charge in [-0.15, -0.1) is 0 Å². The quantitative estimate of drug-likeness (QED) is 0.454. The normalized spacial score (nSPS) is 11.1. The molecular formula is C20H15N7. The minimum atomic E-state index is 0.227. The molecule has 0 amide bonds. The molecule has 3 heterocycles. The number of hydrogen-bond donors (Lipinski definition) is 3. The van der Waals surface area contributed by atoms with E-state index in [9.17, 15) is 0 Å². The zero-order chi connectivity index (χ0) is 18.2. The van der Waals surface area contributed by atoms with E-state index in [1.54, 1.807) is 18.5 Å². The van der Waals surface area contributed by atoms with Crippen molar-refractivity contribution >= 4 is 39.3 Å². The SMILES string of the molecule is Nc1nccc(Nc2cc(-c3cccc4ncccc34)c3[nH]ncc3c2)n1. The summed E-state index contributed by atoms with van der Waals surface area (Å²) in [5.41, 5.74) is 10.6. The second-order valence-corrected chi connectivity index (χ2v) is 6.16. The molecular weight excluding hydrogens is 338 g/mol. The van der Waals surface area contributed by atoms with E-state index in [4.69, 9.17) is 5.73 Å². The molecule has 5 rings (SSSR count). The highest BCUT2D eigenvalue weighted by Crippen LogP contribution is 2.35. The first-order valence-corrected chi connectivity index (χ1v) is 8.45. The van der Waals surface area contributed by atoms with Gasteiger partial charge in [-0.3, -0.25) is 10.1 Å². The van der Waals surface area contributed by atoms with Crippen LogP contribution in [-0.4, -0.2) is 25.1 Å². The van der Waals surface area contributed by atoms with Gasteiger partial charge >= 0.3 is 0 Å². The maximum absolute atomic E-state index is 5.69. The fraction of sp³-hybridized carbons (Fsp3) is 0. The first-order chi connectivity index (χ1) is 13.3. The summed E-state index contributed by atoms with van der Waals surface area (Å²) in [5, 5.41) is 12.7. The van der Waals surface area contributed by atoms with E-state index in [-0.39, 0.29) is 5.95 Å². The Labute approximate surface area is 154 Å². The van der Waals surface area contributed by atoms with Gasteiger partial charge in [0.1, 0.15) is 5.82 Å². The Morgan fingerprint density at radius 2 is 1.89 bits per heavy atom. The minimum Gasteiger partial charge on any atom is -0.368 e. The lowest BCUT2D eigenvalue weighted by Crippen LogP contribution is -1.99. The number of nitrogen functional groups attached to an aromatic ring is 1. The number of nitrogens with two attached hydrogens (primary N) is 1. The fourth-order valence-corrected chi connectivity index (χ4v) is 3.27. The predicted molar refractivity (Wildman–Crippen MR) is 107 cm³/mol. The molecule has 0 aliphatic carbocycles. The first kappa shape index (κ1) is 15.3. The van der Waals surface area contributed by atoms with Gasteiger partial charge in [0.15, 0.2) is 0 Å². The summed E-state index contributed by atoms with van der Waals surface area (Å²) in [6.45, 7) is 0. The molecule has 0 aliphatic heterocycles. The van der Waals surface area contributed by atoms with Crippen LogP contribution in [0.25, 0.3) is 32.9 Å². The Morgan fingerprint density at radius 1 is 0.926 bits per heavy atom. The van der Waals surface area contributed by atoms with Crippen LogP contribution in [-0.2, 0) is 0 Å².